The van der Waals surface area contributed by atoms with Crippen molar-refractivity contribution in [3.8, 4) is 5.75 Å². The number of amides is 1. The lowest BCUT2D eigenvalue weighted by atomic mass is 10.2. The van der Waals surface area contributed by atoms with Gasteiger partial charge in [-0.25, -0.2) is 8.42 Å². The Bertz CT molecular complexity index is 848. The maximum atomic E-state index is 12.1. The topological polar surface area (TPSA) is 75.7 Å². The lowest BCUT2D eigenvalue weighted by Gasteiger charge is -2.21. The van der Waals surface area contributed by atoms with Crippen LogP contribution < -0.4 is 10.1 Å². The molecule has 0 fully saturated rings. The molecule has 7 heteroatoms. The van der Waals surface area contributed by atoms with Crippen molar-refractivity contribution in [3.05, 3.63) is 59.7 Å². The lowest BCUT2D eigenvalue weighted by Crippen LogP contribution is -2.32. The van der Waals surface area contributed by atoms with Crippen molar-refractivity contribution in [2.75, 3.05) is 25.2 Å². The molecule has 0 aliphatic rings. The van der Waals surface area contributed by atoms with Crippen molar-refractivity contribution < 1.29 is 17.9 Å². The number of anilines is 1. The Morgan fingerprint density at radius 1 is 1.12 bits per heavy atom. The fraction of sp³-hybridized carbons (Fsp3) is 0.316. The van der Waals surface area contributed by atoms with Crippen molar-refractivity contribution in [2.45, 2.75) is 19.9 Å². The Kier molecular flexibility index (Phi) is 6.76. The van der Waals surface area contributed by atoms with Crippen LogP contribution >= 0.6 is 0 Å². The zero-order valence-electron chi connectivity index (χ0n) is 15.2. The minimum Gasteiger partial charge on any atom is -0.496 e. The van der Waals surface area contributed by atoms with Gasteiger partial charge in [0.15, 0.2) is 0 Å². The van der Waals surface area contributed by atoms with Gasteiger partial charge < -0.3 is 10.1 Å². The molecule has 0 atom stereocenters. The first kappa shape index (κ1) is 19.9. The fourth-order valence-electron chi connectivity index (χ4n) is 2.47. The van der Waals surface area contributed by atoms with E-state index in [0.29, 0.717) is 11.4 Å². The van der Waals surface area contributed by atoms with E-state index >= 15 is 0 Å². The maximum Gasteiger partial charge on any atom is 0.225 e. The lowest BCUT2D eigenvalue weighted by molar-refractivity contribution is -0.116. The van der Waals surface area contributed by atoms with E-state index in [0.717, 1.165) is 17.4 Å². The van der Waals surface area contributed by atoms with Gasteiger partial charge in [0.2, 0.25) is 15.9 Å². The average Bonchev–Trinajstić information content (AvgIpc) is 2.60. The first-order valence-corrected chi connectivity index (χ1v) is 10.1. The number of benzene rings is 2. The summed E-state index contributed by atoms with van der Waals surface area (Å²) in [7, 11) is -1.92. The monoisotopic (exact) mass is 376 g/mol. The highest BCUT2D eigenvalue weighted by Gasteiger charge is 2.20. The van der Waals surface area contributed by atoms with E-state index in [1.54, 1.807) is 13.2 Å². The summed E-state index contributed by atoms with van der Waals surface area (Å²) >= 11 is 0. The highest BCUT2D eigenvalue weighted by Crippen LogP contribution is 2.20. The Labute approximate surface area is 154 Å². The minimum absolute atomic E-state index is 0.0656. The van der Waals surface area contributed by atoms with Crippen molar-refractivity contribution in [1.29, 1.82) is 0 Å². The van der Waals surface area contributed by atoms with Gasteiger partial charge in [-0.2, -0.15) is 4.31 Å². The molecule has 0 aliphatic heterocycles. The van der Waals surface area contributed by atoms with E-state index in [4.69, 9.17) is 4.74 Å². The number of sulfonamides is 1. The number of ether oxygens (including phenoxy) is 1. The molecular weight excluding hydrogens is 352 g/mol. The molecule has 0 saturated carbocycles. The first-order chi connectivity index (χ1) is 12.3. The third-order valence-electron chi connectivity index (χ3n) is 3.93. The first-order valence-electron chi connectivity index (χ1n) is 8.23. The summed E-state index contributed by atoms with van der Waals surface area (Å²) in [6, 6.07) is 14.7. The largest absolute Gasteiger partial charge is 0.496 e. The molecule has 1 N–H and O–H groups in total. The molecule has 0 unspecified atom stereocenters. The van der Waals surface area contributed by atoms with Gasteiger partial charge in [0.25, 0.3) is 0 Å². The van der Waals surface area contributed by atoms with Crippen LogP contribution in [0.5, 0.6) is 5.75 Å². The number of rotatable bonds is 8. The Hall–Kier alpha value is -2.38. The van der Waals surface area contributed by atoms with Gasteiger partial charge in [0.1, 0.15) is 5.75 Å². The van der Waals surface area contributed by atoms with E-state index in [9.17, 15) is 13.2 Å². The Morgan fingerprint density at radius 2 is 1.77 bits per heavy atom. The van der Waals surface area contributed by atoms with Gasteiger partial charge in [-0.05, 0) is 25.1 Å². The molecule has 26 heavy (non-hydrogen) atoms. The van der Waals surface area contributed by atoms with E-state index in [1.165, 1.54) is 4.31 Å². The second-order valence-electron chi connectivity index (χ2n) is 6.07. The summed E-state index contributed by atoms with van der Waals surface area (Å²) in [5, 5.41) is 2.78. The van der Waals surface area contributed by atoms with Gasteiger partial charge in [0, 0.05) is 30.8 Å². The van der Waals surface area contributed by atoms with Crippen LogP contribution in [-0.2, 0) is 21.4 Å². The third kappa shape index (κ3) is 5.86. The van der Waals surface area contributed by atoms with Crippen molar-refractivity contribution in [1.82, 2.24) is 4.31 Å². The second kappa shape index (κ2) is 8.82. The Morgan fingerprint density at radius 3 is 2.38 bits per heavy atom. The normalized spacial score (nSPS) is 11.4. The molecule has 0 spiro atoms. The van der Waals surface area contributed by atoms with E-state index in [1.807, 2.05) is 49.4 Å². The molecule has 0 bridgehead atoms. The van der Waals surface area contributed by atoms with Crippen molar-refractivity contribution in [3.63, 3.8) is 0 Å². The van der Waals surface area contributed by atoms with Crippen LogP contribution in [0.1, 0.15) is 17.5 Å². The molecule has 2 rings (SSSR count). The fourth-order valence-corrected chi connectivity index (χ4v) is 3.27. The molecule has 0 saturated heterocycles. The number of nitrogens with one attached hydrogen (secondary N) is 1. The molecule has 2 aromatic rings. The number of nitrogens with zero attached hydrogens (tertiary/aromatic N) is 1. The second-order valence-corrected chi connectivity index (χ2v) is 8.06. The van der Waals surface area contributed by atoms with E-state index in [2.05, 4.69) is 5.32 Å². The molecule has 2 aromatic carbocycles. The number of para-hydroxylation sites is 1. The number of hydrogen-bond acceptors (Lipinski definition) is 4. The third-order valence-corrected chi connectivity index (χ3v) is 5.18. The molecule has 1 amide bonds. The van der Waals surface area contributed by atoms with Crippen LogP contribution in [-0.4, -0.2) is 38.5 Å². The van der Waals surface area contributed by atoms with Gasteiger partial charge in [-0.1, -0.05) is 35.9 Å². The van der Waals surface area contributed by atoms with Crippen LogP contribution in [0, 0.1) is 6.92 Å². The summed E-state index contributed by atoms with van der Waals surface area (Å²) in [5.41, 5.74) is 2.54. The number of methoxy groups -OCH3 is 1. The predicted molar refractivity (Wildman–Crippen MR) is 103 cm³/mol. The standard InChI is InChI=1S/C19H24N2O4S/c1-15-8-10-17(11-9-15)20-19(22)12-13-21(26(3,23)24)14-16-6-4-5-7-18(16)25-2/h4-11H,12-14H2,1-3H3,(H,20,22). The van der Waals surface area contributed by atoms with Crippen LogP contribution in [0.4, 0.5) is 5.69 Å². The van der Waals surface area contributed by atoms with Gasteiger partial charge >= 0.3 is 0 Å². The van der Waals surface area contributed by atoms with Crippen molar-refractivity contribution >= 4 is 21.6 Å². The van der Waals surface area contributed by atoms with Gasteiger partial charge in [0.05, 0.1) is 13.4 Å². The zero-order valence-corrected chi connectivity index (χ0v) is 16.0. The predicted octanol–water partition coefficient (Wildman–Crippen LogP) is 2.79. The summed E-state index contributed by atoms with van der Waals surface area (Å²) in [6.45, 7) is 2.21. The van der Waals surface area contributed by atoms with Gasteiger partial charge in [-0.15, -0.1) is 0 Å². The average molecular weight is 376 g/mol. The van der Waals surface area contributed by atoms with Crippen LogP contribution in [0.25, 0.3) is 0 Å². The molecular formula is C19H24N2O4S. The van der Waals surface area contributed by atoms with Crippen molar-refractivity contribution in [2.24, 2.45) is 0 Å². The molecule has 140 valence electrons. The smallest absolute Gasteiger partial charge is 0.225 e. The van der Waals surface area contributed by atoms with Crippen LogP contribution in [0.3, 0.4) is 0 Å². The quantitative estimate of drug-likeness (QED) is 0.769. The van der Waals surface area contributed by atoms with Crippen LogP contribution in [0.15, 0.2) is 48.5 Å². The molecule has 0 aliphatic carbocycles. The highest BCUT2D eigenvalue weighted by molar-refractivity contribution is 7.88. The van der Waals surface area contributed by atoms with Gasteiger partial charge in [-0.3, -0.25) is 4.79 Å². The molecule has 0 aromatic heterocycles. The number of aryl methyl sites for hydroxylation is 1. The van der Waals surface area contributed by atoms with E-state index < -0.39 is 10.0 Å². The minimum atomic E-state index is -3.46. The maximum absolute atomic E-state index is 12.1. The Balaban J connectivity index is 2.02. The number of carbonyl (C=O) groups is 1. The molecule has 6 nitrogen and oxygen atoms in total. The van der Waals surface area contributed by atoms with Crippen LogP contribution in [0.2, 0.25) is 0 Å². The summed E-state index contributed by atoms with van der Waals surface area (Å²) < 4.78 is 30.7. The molecule has 0 radical (unpaired) electrons. The number of carbonyl (C=O) groups excluding carboxylic acids is 1. The molecule has 0 heterocycles. The SMILES string of the molecule is COc1ccccc1CN(CCC(=O)Nc1ccc(C)cc1)S(C)(=O)=O. The zero-order chi connectivity index (χ0) is 19.2. The summed E-state index contributed by atoms with van der Waals surface area (Å²) in [5.74, 6) is 0.382. The highest BCUT2D eigenvalue weighted by atomic mass is 32.2. The number of hydrogen-bond donors (Lipinski definition) is 1. The van der Waals surface area contributed by atoms with E-state index in [-0.39, 0.29) is 25.4 Å². The summed E-state index contributed by atoms with van der Waals surface area (Å²) in [4.78, 5) is 12.1. The summed E-state index contributed by atoms with van der Waals surface area (Å²) in [6.07, 6.45) is 1.20.